The Kier molecular flexibility index (Phi) is 5.62. The normalized spacial score (nSPS) is 24.9. The minimum absolute atomic E-state index is 0.278. The first-order valence-electron chi connectivity index (χ1n) is 8.53. The Hall–Kier alpha value is -2.06. The number of hydrogen-bond donors (Lipinski definition) is 0. The number of rotatable bonds is 6. The Bertz CT molecular complexity index is 595. The van der Waals surface area contributed by atoms with Gasteiger partial charge in [-0.15, -0.1) is 13.2 Å². The summed E-state index contributed by atoms with van der Waals surface area (Å²) in [6.07, 6.45) is 11.6. The molecule has 2 heteroatoms. The summed E-state index contributed by atoms with van der Waals surface area (Å²) in [6, 6.07) is 0. The SMILES string of the molecule is [C-]#[N+]C(CC=C)([N+]#[C-])C1=C(C2CCCCC2=C)CCC1CC=C. The number of hydrogen-bond acceptors (Lipinski definition) is 0. The first kappa shape index (κ1) is 17.3. The van der Waals surface area contributed by atoms with E-state index < -0.39 is 5.66 Å². The molecular formula is C21H26N2. The molecule has 0 spiro atoms. The maximum atomic E-state index is 7.73. The summed E-state index contributed by atoms with van der Waals surface area (Å²) < 4.78 is 0. The standard InChI is InChI=1S/C21H26N2/c1-6-10-17-13-14-19(18-12-9-8-11-16(18)3)20(17)21(22-4,23-5)15-7-2/h6-7,17-18H,1-3,8-15H2. The quantitative estimate of drug-likeness (QED) is 0.412. The van der Waals surface area contributed by atoms with E-state index in [1.54, 1.807) is 6.08 Å². The Labute approximate surface area is 140 Å². The fourth-order valence-electron chi connectivity index (χ4n) is 4.30. The van der Waals surface area contributed by atoms with Gasteiger partial charge in [-0.25, -0.2) is 22.8 Å². The van der Waals surface area contributed by atoms with Crippen LogP contribution in [0.15, 0.2) is 48.6 Å². The molecule has 0 aromatic carbocycles. The first-order chi connectivity index (χ1) is 11.1. The molecule has 0 amide bonds. The van der Waals surface area contributed by atoms with Crippen LogP contribution in [0.5, 0.6) is 0 Å². The van der Waals surface area contributed by atoms with Crippen LogP contribution < -0.4 is 0 Å². The molecule has 2 unspecified atom stereocenters. The zero-order valence-corrected chi connectivity index (χ0v) is 14.0. The topological polar surface area (TPSA) is 8.72 Å². The lowest BCUT2D eigenvalue weighted by Gasteiger charge is -2.27. The molecule has 120 valence electrons. The van der Waals surface area contributed by atoms with Gasteiger partial charge in [0, 0.05) is 11.8 Å². The van der Waals surface area contributed by atoms with E-state index in [9.17, 15) is 0 Å². The highest BCUT2D eigenvalue weighted by molar-refractivity contribution is 5.43. The summed E-state index contributed by atoms with van der Waals surface area (Å²) in [5.74, 6) is 0.654. The Balaban J connectivity index is 2.56. The van der Waals surface area contributed by atoms with Crippen LogP contribution in [0, 0.1) is 25.0 Å². The van der Waals surface area contributed by atoms with Gasteiger partial charge in [-0.05, 0) is 44.1 Å². The van der Waals surface area contributed by atoms with Crippen LogP contribution in [0.2, 0.25) is 0 Å². The van der Waals surface area contributed by atoms with E-state index in [0.717, 1.165) is 37.7 Å². The average molecular weight is 306 g/mol. The molecule has 0 bridgehead atoms. The van der Waals surface area contributed by atoms with Gasteiger partial charge in [-0.1, -0.05) is 30.7 Å². The highest BCUT2D eigenvalue weighted by atomic mass is 15.0. The smallest absolute Gasteiger partial charge is 0.226 e. The van der Waals surface area contributed by atoms with Crippen LogP contribution in [0.3, 0.4) is 0 Å². The molecule has 1 fully saturated rings. The zero-order chi connectivity index (χ0) is 16.9. The summed E-state index contributed by atoms with van der Waals surface area (Å²) in [4.78, 5) is 7.63. The van der Waals surface area contributed by atoms with Gasteiger partial charge in [0.1, 0.15) is 12.0 Å². The van der Waals surface area contributed by atoms with Crippen LogP contribution in [0.1, 0.15) is 51.4 Å². The van der Waals surface area contributed by atoms with E-state index in [1.807, 2.05) is 6.08 Å². The maximum Gasteiger partial charge on any atom is 0.509 e. The van der Waals surface area contributed by atoms with Crippen LogP contribution >= 0.6 is 0 Å². The van der Waals surface area contributed by atoms with E-state index in [1.165, 1.54) is 24.0 Å². The van der Waals surface area contributed by atoms with Gasteiger partial charge in [0.15, 0.2) is 0 Å². The second-order valence-corrected chi connectivity index (χ2v) is 6.69. The fraction of sp³-hybridized carbons (Fsp3) is 0.524. The third kappa shape index (κ3) is 3.18. The molecule has 0 saturated heterocycles. The van der Waals surface area contributed by atoms with Gasteiger partial charge >= 0.3 is 5.66 Å². The van der Waals surface area contributed by atoms with Crippen molar-refractivity contribution < 1.29 is 0 Å². The molecule has 0 radical (unpaired) electrons. The van der Waals surface area contributed by atoms with Gasteiger partial charge in [-0.3, -0.25) is 0 Å². The molecule has 2 atom stereocenters. The predicted molar refractivity (Wildman–Crippen MR) is 96.4 cm³/mol. The second kappa shape index (κ2) is 7.47. The van der Waals surface area contributed by atoms with Gasteiger partial charge in [0.05, 0.1) is 0 Å². The molecular weight excluding hydrogens is 280 g/mol. The first-order valence-corrected chi connectivity index (χ1v) is 8.53. The highest BCUT2D eigenvalue weighted by Gasteiger charge is 2.54. The third-order valence-electron chi connectivity index (χ3n) is 5.35. The monoisotopic (exact) mass is 306 g/mol. The van der Waals surface area contributed by atoms with Gasteiger partial charge in [0.25, 0.3) is 0 Å². The van der Waals surface area contributed by atoms with Crippen molar-refractivity contribution in [3.05, 3.63) is 71.4 Å². The molecule has 0 aromatic heterocycles. The number of allylic oxidation sites excluding steroid dienone is 3. The highest BCUT2D eigenvalue weighted by Crippen LogP contribution is 2.50. The predicted octanol–water partition coefficient (Wildman–Crippen LogP) is 6.13. The minimum Gasteiger partial charge on any atom is -0.226 e. The van der Waals surface area contributed by atoms with Gasteiger partial charge in [-0.2, -0.15) is 0 Å². The summed E-state index contributed by atoms with van der Waals surface area (Å²) in [5, 5.41) is 0. The molecule has 2 aliphatic rings. The molecule has 2 nitrogen and oxygen atoms in total. The molecule has 2 rings (SSSR count). The lowest BCUT2D eigenvalue weighted by atomic mass is 9.76. The van der Waals surface area contributed by atoms with E-state index >= 15 is 0 Å². The second-order valence-electron chi connectivity index (χ2n) is 6.69. The van der Waals surface area contributed by atoms with Crippen LogP contribution in [-0.2, 0) is 0 Å². The van der Waals surface area contributed by atoms with E-state index in [4.69, 9.17) is 13.1 Å². The Morgan fingerprint density at radius 2 is 1.83 bits per heavy atom. The van der Waals surface area contributed by atoms with E-state index in [-0.39, 0.29) is 5.92 Å². The van der Waals surface area contributed by atoms with Crippen molar-refractivity contribution in [1.82, 2.24) is 0 Å². The third-order valence-corrected chi connectivity index (χ3v) is 5.35. The summed E-state index contributed by atoms with van der Waals surface area (Å²) in [5.41, 5.74) is 2.62. The Morgan fingerprint density at radius 3 is 2.39 bits per heavy atom. The lowest BCUT2D eigenvalue weighted by Crippen LogP contribution is -2.28. The van der Waals surface area contributed by atoms with Crippen molar-refractivity contribution in [2.75, 3.05) is 0 Å². The lowest BCUT2D eigenvalue weighted by molar-refractivity contribution is 0.491. The van der Waals surface area contributed by atoms with Crippen LogP contribution in [0.25, 0.3) is 9.69 Å². The van der Waals surface area contributed by atoms with Gasteiger partial charge < -0.3 is 0 Å². The Morgan fingerprint density at radius 1 is 1.09 bits per heavy atom. The zero-order valence-electron chi connectivity index (χ0n) is 14.0. The van der Waals surface area contributed by atoms with Crippen molar-refractivity contribution in [3.8, 4) is 0 Å². The summed E-state index contributed by atoms with van der Waals surface area (Å²) in [7, 11) is 0. The summed E-state index contributed by atoms with van der Waals surface area (Å²) in [6.45, 7) is 27.4. The average Bonchev–Trinajstić information content (AvgIpc) is 2.98. The molecule has 0 aromatic rings. The molecule has 0 heterocycles. The molecule has 23 heavy (non-hydrogen) atoms. The van der Waals surface area contributed by atoms with E-state index in [2.05, 4.69) is 29.4 Å². The maximum absolute atomic E-state index is 7.73. The fourth-order valence-corrected chi connectivity index (χ4v) is 4.30. The van der Waals surface area contributed by atoms with E-state index in [0.29, 0.717) is 12.3 Å². The van der Waals surface area contributed by atoms with Crippen LogP contribution in [0.4, 0.5) is 0 Å². The number of nitrogens with zero attached hydrogens (tertiary/aromatic N) is 2. The van der Waals surface area contributed by atoms with Crippen molar-refractivity contribution in [3.63, 3.8) is 0 Å². The molecule has 2 aliphatic carbocycles. The summed E-state index contributed by atoms with van der Waals surface area (Å²) >= 11 is 0. The van der Waals surface area contributed by atoms with Crippen molar-refractivity contribution in [1.29, 1.82) is 0 Å². The van der Waals surface area contributed by atoms with Crippen molar-refractivity contribution in [2.45, 2.75) is 57.0 Å². The molecule has 0 N–H and O–H groups in total. The minimum atomic E-state index is -1.10. The largest absolute Gasteiger partial charge is 0.509 e. The van der Waals surface area contributed by atoms with Gasteiger partial charge in [0.2, 0.25) is 0 Å². The van der Waals surface area contributed by atoms with Crippen LogP contribution in [-0.4, -0.2) is 5.66 Å². The molecule has 1 saturated carbocycles. The van der Waals surface area contributed by atoms with Crippen molar-refractivity contribution in [2.24, 2.45) is 11.8 Å². The molecule has 0 aliphatic heterocycles. The van der Waals surface area contributed by atoms with Crippen molar-refractivity contribution >= 4 is 0 Å².